The van der Waals surface area contributed by atoms with E-state index in [9.17, 15) is 9.59 Å². The van der Waals surface area contributed by atoms with E-state index in [1.807, 2.05) is 32.9 Å². The van der Waals surface area contributed by atoms with Crippen molar-refractivity contribution in [3.05, 3.63) is 66.5 Å². The Morgan fingerprint density at radius 2 is 1.93 bits per heavy atom. The minimum atomic E-state index is -0.161. The molecule has 1 aliphatic heterocycles. The molecule has 1 aromatic carbocycles. The second-order valence-corrected chi connectivity index (χ2v) is 8.54. The molecular weight excluding hydrogens is 420 g/mol. The second kappa shape index (κ2) is 9.05. The molecular formula is C22H27BrN2O3. The summed E-state index contributed by atoms with van der Waals surface area (Å²) in [7, 11) is 0. The van der Waals surface area contributed by atoms with Gasteiger partial charge in [-0.2, -0.15) is 0 Å². The number of amides is 1. The van der Waals surface area contributed by atoms with Crippen LogP contribution in [0.5, 0.6) is 0 Å². The molecule has 2 heterocycles. The van der Waals surface area contributed by atoms with Crippen molar-refractivity contribution >= 4 is 21.8 Å². The van der Waals surface area contributed by atoms with Gasteiger partial charge in [-0.1, -0.05) is 15.9 Å². The van der Waals surface area contributed by atoms with Crippen molar-refractivity contribution in [2.45, 2.75) is 46.6 Å². The number of carbonyl (C=O) groups is 1. The normalized spacial score (nSPS) is 14.9. The number of aromatic amines is 1. The fourth-order valence-electron chi connectivity index (χ4n) is 3.81. The first-order valence-electron chi connectivity index (χ1n) is 9.69. The SMILES string of the molecule is Cc1cc(C)c(CNC(=O)c2cc(Br)cc(CC3CCOCC3)c2C)c(=O)[nH]1. The van der Waals surface area contributed by atoms with Crippen molar-refractivity contribution in [2.75, 3.05) is 13.2 Å². The van der Waals surface area contributed by atoms with Crippen LogP contribution in [0.2, 0.25) is 0 Å². The third-order valence-corrected chi connectivity index (χ3v) is 5.95. The maximum Gasteiger partial charge on any atom is 0.253 e. The summed E-state index contributed by atoms with van der Waals surface area (Å²) >= 11 is 3.55. The number of carbonyl (C=O) groups excluding carboxylic acids is 1. The first-order chi connectivity index (χ1) is 13.3. The van der Waals surface area contributed by atoms with Crippen molar-refractivity contribution in [2.24, 2.45) is 5.92 Å². The number of H-pyrrole nitrogens is 1. The molecule has 0 unspecified atom stereocenters. The van der Waals surface area contributed by atoms with Crippen molar-refractivity contribution in [1.29, 1.82) is 0 Å². The average Bonchev–Trinajstić information content (AvgIpc) is 2.64. The van der Waals surface area contributed by atoms with Gasteiger partial charge in [0.25, 0.3) is 11.5 Å². The van der Waals surface area contributed by atoms with Crippen LogP contribution >= 0.6 is 15.9 Å². The van der Waals surface area contributed by atoms with E-state index >= 15 is 0 Å². The van der Waals surface area contributed by atoms with Gasteiger partial charge in [-0.05, 0) is 80.8 Å². The second-order valence-electron chi connectivity index (χ2n) is 7.62. The van der Waals surface area contributed by atoms with Crippen LogP contribution in [-0.2, 0) is 17.7 Å². The highest BCUT2D eigenvalue weighted by atomic mass is 79.9. The summed E-state index contributed by atoms with van der Waals surface area (Å²) in [6.07, 6.45) is 3.07. The van der Waals surface area contributed by atoms with Crippen LogP contribution in [0.3, 0.4) is 0 Å². The molecule has 0 atom stereocenters. The summed E-state index contributed by atoms with van der Waals surface area (Å²) in [5.41, 5.74) is 4.99. The molecule has 1 saturated heterocycles. The fourth-order valence-corrected chi connectivity index (χ4v) is 4.32. The standard InChI is InChI=1S/C22H27BrN2O3/c1-13-8-14(2)25-22(27)20(13)12-24-21(26)19-11-18(23)10-17(15(19)3)9-16-4-6-28-7-5-16/h8,10-11,16H,4-7,9,12H2,1-3H3,(H,24,26)(H,25,27). The van der Waals surface area contributed by atoms with Gasteiger partial charge in [0.15, 0.2) is 0 Å². The first-order valence-corrected chi connectivity index (χ1v) is 10.5. The Morgan fingerprint density at radius 1 is 1.21 bits per heavy atom. The molecule has 0 bridgehead atoms. The van der Waals surface area contributed by atoms with Gasteiger partial charge in [-0.3, -0.25) is 9.59 Å². The zero-order valence-electron chi connectivity index (χ0n) is 16.7. The van der Waals surface area contributed by atoms with E-state index in [2.05, 4.69) is 32.3 Å². The van der Waals surface area contributed by atoms with Crippen molar-refractivity contribution in [3.63, 3.8) is 0 Å². The van der Waals surface area contributed by atoms with Gasteiger partial charge in [0.2, 0.25) is 0 Å². The van der Waals surface area contributed by atoms with Crippen LogP contribution in [0.4, 0.5) is 0 Å². The minimum Gasteiger partial charge on any atom is -0.381 e. The third-order valence-electron chi connectivity index (χ3n) is 5.49. The Morgan fingerprint density at radius 3 is 2.61 bits per heavy atom. The number of nitrogens with one attached hydrogen (secondary N) is 2. The highest BCUT2D eigenvalue weighted by Gasteiger charge is 2.19. The summed E-state index contributed by atoms with van der Waals surface area (Å²) in [5, 5.41) is 2.92. The maximum atomic E-state index is 12.9. The van der Waals surface area contributed by atoms with Gasteiger partial charge < -0.3 is 15.0 Å². The lowest BCUT2D eigenvalue weighted by molar-refractivity contribution is 0.0664. The van der Waals surface area contributed by atoms with Gasteiger partial charge in [0.1, 0.15) is 0 Å². The van der Waals surface area contributed by atoms with E-state index in [0.29, 0.717) is 17.0 Å². The molecule has 6 heteroatoms. The van der Waals surface area contributed by atoms with E-state index in [0.717, 1.165) is 53.8 Å². The summed E-state index contributed by atoms with van der Waals surface area (Å²) in [6, 6.07) is 5.88. The number of aryl methyl sites for hydroxylation is 2. The molecule has 5 nitrogen and oxygen atoms in total. The van der Waals surface area contributed by atoms with E-state index < -0.39 is 0 Å². The largest absolute Gasteiger partial charge is 0.381 e. The summed E-state index contributed by atoms with van der Waals surface area (Å²) in [5.74, 6) is 0.429. The fraction of sp³-hybridized carbons (Fsp3) is 0.455. The van der Waals surface area contributed by atoms with Crippen LogP contribution in [0.15, 0.2) is 27.5 Å². The molecule has 0 radical (unpaired) electrons. The van der Waals surface area contributed by atoms with Crippen LogP contribution in [0.25, 0.3) is 0 Å². The molecule has 2 aromatic rings. The number of aromatic nitrogens is 1. The Hall–Kier alpha value is -1.92. The average molecular weight is 447 g/mol. The van der Waals surface area contributed by atoms with E-state index in [-0.39, 0.29) is 18.0 Å². The third kappa shape index (κ3) is 4.92. The number of pyridine rings is 1. The minimum absolute atomic E-state index is 0.149. The Balaban J connectivity index is 1.77. The molecule has 1 aliphatic rings. The van der Waals surface area contributed by atoms with Crippen LogP contribution in [-0.4, -0.2) is 24.1 Å². The first kappa shape index (κ1) is 20.8. The van der Waals surface area contributed by atoms with E-state index in [4.69, 9.17) is 4.74 Å². The summed E-state index contributed by atoms with van der Waals surface area (Å²) in [4.78, 5) is 27.8. The number of hydrogen-bond acceptors (Lipinski definition) is 3. The lowest BCUT2D eigenvalue weighted by atomic mass is 9.89. The van der Waals surface area contributed by atoms with Gasteiger partial charge in [-0.15, -0.1) is 0 Å². The number of ether oxygens (including phenoxy) is 1. The van der Waals surface area contributed by atoms with Gasteiger partial charge in [0, 0.05) is 41.1 Å². The van der Waals surface area contributed by atoms with Gasteiger partial charge >= 0.3 is 0 Å². The summed E-state index contributed by atoms with van der Waals surface area (Å²) in [6.45, 7) is 7.58. The van der Waals surface area contributed by atoms with Crippen molar-refractivity contribution in [1.82, 2.24) is 10.3 Å². The molecule has 3 rings (SSSR count). The lowest BCUT2D eigenvalue weighted by Crippen LogP contribution is -2.28. The van der Waals surface area contributed by atoms with E-state index in [1.54, 1.807) is 0 Å². The number of rotatable bonds is 5. The topological polar surface area (TPSA) is 71.2 Å². The van der Waals surface area contributed by atoms with Gasteiger partial charge in [0.05, 0.1) is 0 Å². The molecule has 150 valence electrons. The number of hydrogen-bond donors (Lipinski definition) is 2. The molecule has 0 saturated carbocycles. The monoisotopic (exact) mass is 446 g/mol. The molecule has 0 aliphatic carbocycles. The van der Waals surface area contributed by atoms with Crippen LogP contribution in [0.1, 0.15) is 51.1 Å². The highest BCUT2D eigenvalue weighted by molar-refractivity contribution is 9.10. The van der Waals surface area contributed by atoms with Crippen LogP contribution in [0, 0.1) is 26.7 Å². The van der Waals surface area contributed by atoms with Crippen LogP contribution < -0.4 is 10.9 Å². The highest BCUT2D eigenvalue weighted by Crippen LogP contribution is 2.27. The molecule has 1 aromatic heterocycles. The molecule has 2 N–H and O–H groups in total. The Kier molecular flexibility index (Phi) is 6.73. The van der Waals surface area contributed by atoms with E-state index in [1.165, 1.54) is 5.56 Å². The quantitative estimate of drug-likeness (QED) is 0.729. The maximum absolute atomic E-state index is 12.9. The lowest BCUT2D eigenvalue weighted by Gasteiger charge is -2.23. The van der Waals surface area contributed by atoms with Crippen molar-refractivity contribution < 1.29 is 9.53 Å². The zero-order chi connectivity index (χ0) is 20.3. The zero-order valence-corrected chi connectivity index (χ0v) is 18.2. The number of benzene rings is 1. The predicted molar refractivity (Wildman–Crippen MR) is 114 cm³/mol. The Bertz CT molecular complexity index is 930. The van der Waals surface area contributed by atoms with Gasteiger partial charge in [-0.25, -0.2) is 0 Å². The molecule has 28 heavy (non-hydrogen) atoms. The Labute approximate surface area is 174 Å². The summed E-state index contributed by atoms with van der Waals surface area (Å²) < 4.78 is 6.35. The van der Waals surface area contributed by atoms with Crippen molar-refractivity contribution in [3.8, 4) is 0 Å². The molecule has 1 amide bonds. The predicted octanol–water partition coefficient (Wildman–Crippen LogP) is 3.96. The number of halogens is 1. The smallest absolute Gasteiger partial charge is 0.253 e. The molecule has 1 fully saturated rings. The molecule has 0 spiro atoms.